The van der Waals surface area contributed by atoms with Crippen molar-refractivity contribution >= 4 is 40.2 Å². The van der Waals surface area contributed by atoms with Gasteiger partial charge in [0, 0.05) is 30.7 Å². The average molecular weight is 588 g/mol. The number of rotatable bonds is 13. The van der Waals surface area contributed by atoms with Gasteiger partial charge in [0.25, 0.3) is 0 Å². The van der Waals surface area contributed by atoms with E-state index in [1.54, 1.807) is 18.3 Å². The predicted octanol–water partition coefficient (Wildman–Crippen LogP) is 6.87. The summed E-state index contributed by atoms with van der Waals surface area (Å²) in [4.78, 5) is 6.21. The molecule has 1 aliphatic rings. The van der Waals surface area contributed by atoms with Crippen molar-refractivity contribution in [2.45, 2.75) is 32.0 Å². The molecule has 0 spiro atoms. The molecule has 0 atom stereocenters. The Balaban J connectivity index is 1.55. The van der Waals surface area contributed by atoms with Crippen molar-refractivity contribution in [2.75, 3.05) is 35.8 Å². The molecule has 5 nitrogen and oxygen atoms in total. The van der Waals surface area contributed by atoms with E-state index in [0.29, 0.717) is 19.0 Å². The fourth-order valence-electron chi connectivity index (χ4n) is 3.36. The van der Waals surface area contributed by atoms with Crippen LogP contribution in [0.1, 0.15) is 31.2 Å². The van der Waals surface area contributed by atoms with Crippen LogP contribution in [-0.4, -0.2) is 43.5 Å². The lowest BCUT2D eigenvalue weighted by Crippen LogP contribution is -2.24. The van der Waals surface area contributed by atoms with Crippen molar-refractivity contribution in [1.29, 1.82) is 0 Å². The lowest BCUT2D eigenvalue weighted by atomic mass is 10.1. The number of hydrogen-bond acceptors (Lipinski definition) is 5. The molecular formula is C25H28F3IN2O3. The number of benzene rings is 2. The van der Waals surface area contributed by atoms with Gasteiger partial charge in [-0.3, -0.25) is 4.99 Å². The van der Waals surface area contributed by atoms with Gasteiger partial charge in [-0.1, -0.05) is 34.7 Å². The Morgan fingerprint density at radius 2 is 1.65 bits per heavy atom. The van der Waals surface area contributed by atoms with Crippen molar-refractivity contribution in [2.24, 2.45) is 4.99 Å². The van der Waals surface area contributed by atoms with Crippen LogP contribution in [0.3, 0.4) is 0 Å². The SMILES string of the molecule is FC(F)(F)Oc1ccc(N2CN=CC=C2c2cccc(OCCCCOCCCCI)c2)cc1. The smallest absolute Gasteiger partial charge is 0.494 e. The van der Waals surface area contributed by atoms with E-state index in [0.717, 1.165) is 49.5 Å². The first kappa shape index (κ1) is 26.3. The maximum absolute atomic E-state index is 12.4. The van der Waals surface area contributed by atoms with Gasteiger partial charge in [-0.05, 0) is 72.6 Å². The summed E-state index contributed by atoms with van der Waals surface area (Å²) in [5.74, 6) is 0.501. The van der Waals surface area contributed by atoms with Crippen LogP contribution in [-0.2, 0) is 4.74 Å². The fraction of sp³-hybridized carbons (Fsp3) is 0.400. The standard InChI is InChI=1S/C25H28F3IN2O3/c26-25(27,28)34-22-10-8-21(9-11-22)31-19-30-14-12-24(31)20-6-5-7-23(18-20)33-17-4-3-16-32-15-2-1-13-29/h5-12,14,18H,1-4,13,15-17,19H2. The van der Waals surface area contributed by atoms with Crippen LogP contribution in [0.4, 0.5) is 18.9 Å². The molecule has 0 saturated carbocycles. The van der Waals surface area contributed by atoms with Gasteiger partial charge in [-0.15, -0.1) is 13.2 Å². The van der Waals surface area contributed by atoms with Gasteiger partial charge in [0.15, 0.2) is 0 Å². The highest BCUT2D eigenvalue weighted by Gasteiger charge is 2.31. The highest BCUT2D eigenvalue weighted by Crippen LogP contribution is 2.31. The molecule has 1 aliphatic heterocycles. The van der Waals surface area contributed by atoms with Crippen molar-refractivity contribution in [1.82, 2.24) is 0 Å². The Labute approximate surface area is 211 Å². The van der Waals surface area contributed by atoms with Crippen LogP contribution in [0.25, 0.3) is 5.70 Å². The Morgan fingerprint density at radius 1 is 0.912 bits per heavy atom. The summed E-state index contributed by atoms with van der Waals surface area (Å²) in [6.07, 6.45) is 3.03. The first-order valence-corrected chi connectivity index (χ1v) is 12.7. The predicted molar refractivity (Wildman–Crippen MR) is 137 cm³/mol. The zero-order valence-corrected chi connectivity index (χ0v) is 20.9. The van der Waals surface area contributed by atoms with E-state index in [2.05, 4.69) is 32.3 Å². The fourth-order valence-corrected chi connectivity index (χ4v) is 3.90. The zero-order chi connectivity index (χ0) is 24.2. The number of aliphatic imine (C=N–C) groups is 1. The van der Waals surface area contributed by atoms with Crippen LogP contribution in [0, 0.1) is 0 Å². The number of nitrogens with zero attached hydrogens (tertiary/aromatic N) is 2. The van der Waals surface area contributed by atoms with E-state index in [4.69, 9.17) is 9.47 Å². The molecule has 34 heavy (non-hydrogen) atoms. The summed E-state index contributed by atoms with van der Waals surface area (Å²) >= 11 is 2.37. The first-order valence-electron chi connectivity index (χ1n) is 11.2. The third-order valence-corrected chi connectivity index (χ3v) is 5.75. The quantitative estimate of drug-likeness (QED) is 0.146. The normalized spacial score (nSPS) is 13.6. The summed E-state index contributed by atoms with van der Waals surface area (Å²) in [5, 5.41) is 0. The molecule has 9 heteroatoms. The van der Waals surface area contributed by atoms with Crippen LogP contribution in [0.15, 0.2) is 59.6 Å². The van der Waals surface area contributed by atoms with Gasteiger partial charge >= 0.3 is 6.36 Å². The summed E-state index contributed by atoms with van der Waals surface area (Å²) in [5.41, 5.74) is 2.52. The second-order valence-corrected chi connectivity index (χ2v) is 8.67. The molecule has 0 N–H and O–H groups in total. The molecule has 2 aromatic rings. The van der Waals surface area contributed by atoms with Gasteiger partial charge in [0.1, 0.15) is 18.2 Å². The number of allylic oxidation sites excluding steroid dienone is 1. The van der Waals surface area contributed by atoms with E-state index >= 15 is 0 Å². The summed E-state index contributed by atoms with van der Waals surface area (Å²) in [6.45, 7) is 2.53. The van der Waals surface area contributed by atoms with E-state index in [-0.39, 0.29) is 5.75 Å². The summed E-state index contributed by atoms with van der Waals surface area (Å²) in [6, 6.07) is 13.5. The van der Waals surface area contributed by atoms with Gasteiger partial charge in [0.05, 0.1) is 12.3 Å². The minimum Gasteiger partial charge on any atom is -0.494 e. The molecule has 0 saturated heterocycles. The van der Waals surface area contributed by atoms with Crippen LogP contribution >= 0.6 is 22.6 Å². The monoisotopic (exact) mass is 588 g/mol. The third kappa shape index (κ3) is 8.83. The Bertz CT molecular complexity index is 949. The van der Waals surface area contributed by atoms with Gasteiger partial charge < -0.3 is 19.1 Å². The lowest BCUT2D eigenvalue weighted by Gasteiger charge is -2.28. The number of ether oxygens (including phenoxy) is 3. The van der Waals surface area contributed by atoms with Gasteiger partial charge in [0.2, 0.25) is 0 Å². The minimum atomic E-state index is -4.72. The molecule has 184 valence electrons. The largest absolute Gasteiger partial charge is 0.573 e. The van der Waals surface area contributed by atoms with Crippen molar-refractivity contribution < 1.29 is 27.4 Å². The highest BCUT2D eigenvalue weighted by molar-refractivity contribution is 14.1. The average Bonchev–Trinajstić information content (AvgIpc) is 2.83. The molecule has 0 unspecified atom stereocenters. The third-order valence-electron chi connectivity index (χ3n) is 4.99. The number of hydrogen-bond donors (Lipinski definition) is 0. The molecule has 3 rings (SSSR count). The molecular weight excluding hydrogens is 560 g/mol. The number of halogens is 4. The van der Waals surface area contributed by atoms with Crippen molar-refractivity contribution in [3.63, 3.8) is 0 Å². The van der Waals surface area contributed by atoms with Crippen LogP contribution in [0.2, 0.25) is 0 Å². The zero-order valence-electron chi connectivity index (χ0n) is 18.8. The number of alkyl halides is 4. The van der Waals surface area contributed by atoms with E-state index < -0.39 is 6.36 Å². The van der Waals surface area contributed by atoms with Gasteiger partial charge in [-0.2, -0.15) is 0 Å². The summed E-state index contributed by atoms with van der Waals surface area (Å²) < 4.78 is 54.0. The Hall–Kier alpha value is -2.27. The minimum absolute atomic E-state index is 0.260. The Morgan fingerprint density at radius 3 is 2.38 bits per heavy atom. The molecule has 0 radical (unpaired) electrons. The van der Waals surface area contributed by atoms with Gasteiger partial charge in [-0.25, -0.2) is 0 Å². The van der Waals surface area contributed by atoms with E-state index in [1.807, 2.05) is 35.2 Å². The van der Waals surface area contributed by atoms with Crippen molar-refractivity contribution in [3.05, 3.63) is 60.2 Å². The topological polar surface area (TPSA) is 43.3 Å². The summed E-state index contributed by atoms with van der Waals surface area (Å²) in [7, 11) is 0. The molecule has 0 aliphatic carbocycles. The maximum Gasteiger partial charge on any atom is 0.573 e. The molecule has 2 aromatic carbocycles. The highest BCUT2D eigenvalue weighted by atomic mass is 127. The molecule has 0 aromatic heterocycles. The second kappa shape index (κ2) is 13.6. The number of anilines is 1. The number of unbranched alkanes of at least 4 members (excludes halogenated alkanes) is 2. The second-order valence-electron chi connectivity index (χ2n) is 7.59. The van der Waals surface area contributed by atoms with E-state index in [1.165, 1.54) is 23.0 Å². The van der Waals surface area contributed by atoms with Crippen LogP contribution < -0.4 is 14.4 Å². The van der Waals surface area contributed by atoms with E-state index in [9.17, 15) is 13.2 Å². The molecule has 1 heterocycles. The van der Waals surface area contributed by atoms with Crippen LogP contribution in [0.5, 0.6) is 11.5 Å². The maximum atomic E-state index is 12.4. The lowest BCUT2D eigenvalue weighted by molar-refractivity contribution is -0.274. The molecule has 0 amide bonds. The Kier molecular flexibility index (Phi) is 10.5. The molecule has 0 bridgehead atoms. The molecule has 0 fully saturated rings. The first-order chi connectivity index (χ1) is 16.5. The van der Waals surface area contributed by atoms with Crippen molar-refractivity contribution in [3.8, 4) is 11.5 Å².